The summed E-state index contributed by atoms with van der Waals surface area (Å²) in [6.07, 6.45) is 3.07. The monoisotopic (exact) mass is 384 g/mol. The smallest absolute Gasteiger partial charge is 0.341 e. The van der Waals surface area contributed by atoms with E-state index in [2.05, 4.69) is 15.1 Å². The average molecular weight is 384 g/mol. The van der Waals surface area contributed by atoms with Gasteiger partial charge in [0, 0.05) is 31.0 Å². The number of rotatable bonds is 3. The minimum Gasteiger partial charge on any atom is -0.470 e. The summed E-state index contributed by atoms with van der Waals surface area (Å²) in [5.41, 5.74) is 0.349. The van der Waals surface area contributed by atoms with Crippen LogP contribution in [0.3, 0.4) is 0 Å². The number of nitriles is 1. The number of benzene rings is 1. The lowest BCUT2D eigenvalue weighted by molar-refractivity contribution is 0.0251. The molecule has 2 amide bonds. The Morgan fingerprint density at radius 1 is 1.25 bits per heavy atom. The molecule has 1 atom stereocenters. The molecule has 0 bridgehead atoms. The van der Waals surface area contributed by atoms with Gasteiger partial charge in [-0.25, -0.2) is 23.6 Å². The third-order valence-corrected chi connectivity index (χ3v) is 4.43. The quantitative estimate of drug-likeness (QED) is 0.809. The summed E-state index contributed by atoms with van der Waals surface area (Å²) in [7, 11) is 0. The highest BCUT2D eigenvalue weighted by atomic mass is 19.1. The Bertz CT molecular complexity index is 966. The van der Waals surface area contributed by atoms with E-state index in [0.717, 1.165) is 6.07 Å². The van der Waals surface area contributed by atoms with Crippen LogP contribution in [0.15, 0.2) is 35.6 Å². The molecule has 1 fully saturated rings. The molecule has 0 spiro atoms. The summed E-state index contributed by atoms with van der Waals surface area (Å²) in [5.74, 6) is -1.14. The van der Waals surface area contributed by atoms with Gasteiger partial charge in [-0.05, 0) is 17.7 Å². The van der Waals surface area contributed by atoms with Crippen molar-refractivity contribution in [1.82, 2.24) is 19.9 Å². The van der Waals surface area contributed by atoms with Gasteiger partial charge in [-0.3, -0.25) is 0 Å². The van der Waals surface area contributed by atoms with Gasteiger partial charge in [-0.15, -0.1) is 0 Å². The number of halogens is 2. The molecule has 28 heavy (non-hydrogen) atoms. The molecule has 10 heteroatoms. The Morgan fingerprint density at radius 3 is 2.71 bits per heavy atom. The minimum absolute atomic E-state index is 0.00123. The molecule has 142 valence electrons. The number of aromatic nitrogens is 2. The third-order valence-electron chi connectivity index (χ3n) is 4.43. The summed E-state index contributed by atoms with van der Waals surface area (Å²) in [6, 6.07) is 5.62. The van der Waals surface area contributed by atoms with Crippen molar-refractivity contribution in [1.29, 1.82) is 5.26 Å². The van der Waals surface area contributed by atoms with Gasteiger partial charge in [0.1, 0.15) is 23.8 Å². The number of carbonyl (C=O) groups is 1. The van der Waals surface area contributed by atoms with Crippen LogP contribution in [0.4, 0.5) is 13.6 Å². The lowest BCUT2D eigenvalue weighted by atomic mass is 10.0. The Hall–Kier alpha value is -3.61. The predicted octanol–water partition coefficient (Wildman–Crippen LogP) is 2.24. The molecule has 1 aromatic carbocycles. The summed E-state index contributed by atoms with van der Waals surface area (Å²) >= 11 is 0. The van der Waals surface area contributed by atoms with E-state index in [9.17, 15) is 13.6 Å². The Kier molecular flexibility index (Phi) is 4.57. The van der Waals surface area contributed by atoms with E-state index in [-0.39, 0.29) is 23.8 Å². The molecule has 2 aliphatic rings. The van der Waals surface area contributed by atoms with Crippen molar-refractivity contribution in [2.24, 2.45) is 5.10 Å². The predicted molar refractivity (Wildman–Crippen MR) is 92.2 cm³/mol. The second kappa shape index (κ2) is 7.19. The van der Waals surface area contributed by atoms with Gasteiger partial charge in [-0.1, -0.05) is 0 Å². The normalized spacial score (nSPS) is 18.7. The highest BCUT2D eigenvalue weighted by Gasteiger charge is 2.39. The van der Waals surface area contributed by atoms with Crippen molar-refractivity contribution >= 4 is 12.2 Å². The number of amides is 2. The molecule has 1 aromatic heterocycles. The number of hydrogen-bond donors (Lipinski definition) is 0. The number of carbonyl (C=O) groups excluding carboxylic acids is 1. The van der Waals surface area contributed by atoms with Crippen LogP contribution in [-0.4, -0.2) is 51.3 Å². The zero-order valence-corrected chi connectivity index (χ0v) is 14.5. The standard InChI is InChI=1S/C18H14F2N6O2/c19-12-5-11(6-13(20)7-12)15-1-4-23-26(15)18(27)25-9-14(10-25)28-17-2-3-22-16(8-21)24-17/h2-7,14-15H,1,9-10H2. The van der Waals surface area contributed by atoms with Crippen LogP contribution in [0.25, 0.3) is 0 Å². The highest BCUT2D eigenvalue weighted by molar-refractivity contribution is 5.79. The van der Waals surface area contributed by atoms with E-state index in [4.69, 9.17) is 10.00 Å². The van der Waals surface area contributed by atoms with Gasteiger partial charge < -0.3 is 9.64 Å². The molecule has 0 radical (unpaired) electrons. The van der Waals surface area contributed by atoms with Gasteiger partial charge >= 0.3 is 6.03 Å². The zero-order valence-electron chi connectivity index (χ0n) is 14.5. The Morgan fingerprint density at radius 2 is 2.00 bits per heavy atom. The molecule has 2 aliphatic heterocycles. The molecule has 1 saturated heterocycles. The number of likely N-dealkylation sites (tertiary alicyclic amines) is 1. The van der Waals surface area contributed by atoms with E-state index in [0.29, 0.717) is 25.1 Å². The summed E-state index contributed by atoms with van der Waals surface area (Å²) < 4.78 is 32.7. The molecule has 0 aliphatic carbocycles. The Balaban J connectivity index is 1.38. The average Bonchev–Trinajstić information content (AvgIpc) is 3.13. The van der Waals surface area contributed by atoms with Crippen molar-refractivity contribution < 1.29 is 18.3 Å². The minimum atomic E-state index is -0.701. The second-order valence-electron chi connectivity index (χ2n) is 6.35. The van der Waals surface area contributed by atoms with Crippen LogP contribution in [0.2, 0.25) is 0 Å². The molecule has 4 rings (SSSR count). The van der Waals surface area contributed by atoms with Crippen molar-refractivity contribution in [2.75, 3.05) is 13.1 Å². The Labute approximate surface area is 158 Å². The molecular weight excluding hydrogens is 370 g/mol. The third kappa shape index (κ3) is 3.46. The lowest BCUT2D eigenvalue weighted by Gasteiger charge is -2.40. The number of hydrazone groups is 1. The lowest BCUT2D eigenvalue weighted by Crippen LogP contribution is -2.58. The second-order valence-corrected chi connectivity index (χ2v) is 6.35. The first-order chi connectivity index (χ1) is 13.5. The van der Waals surface area contributed by atoms with E-state index in [1.54, 1.807) is 6.21 Å². The van der Waals surface area contributed by atoms with Crippen LogP contribution >= 0.6 is 0 Å². The fourth-order valence-corrected chi connectivity index (χ4v) is 3.09. The van der Waals surface area contributed by atoms with Gasteiger partial charge in [0.05, 0.1) is 19.1 Å². The van der Waals surface area contributed by atoms with Crippen LogP contribution in [0.5, 0.6) is 5.88 Å². The molecule has 3 heterocycles. The van der Waals surface area contributed by atoms with Gasteiger partial charge in [0.2, 0.25) is 11.7 Å². The maximum atomic E-state index is 13.5. The molecule has 0 saturated carbocycles. The highest BCUT2D eigenvalue weighted by Crippen LogP contribution is 2.31. The van der Waals surface area contributed by atoms with Crippen LogP contribution in [0.1, 0.15) is 23.9 Å². The zero-order chi connectivity index (χ0) is 19.7. The first-order valence-corrected chi connectivity index (χ1v) is 8.50. The van der Waals surface area contributed by atoms with Crippen molar-refractivity contribution in [2.45, 2.75) is 18.6 Å². The van der Waals surface area contributed by atoms with E-state index in [1.807, 2.05) is 6.07 Å². The van der Waals surface area contributed by atoms with Crippen LogP contribution in [-0.2, 0) is 0 Å². The fourth-order valence-electron chi connectivity index (χ4n) is 3.09. The largest absolute Gasteiger partial charge is 0.470 e. The number of hydrogen-bond acceptors (Lipinski definition) is 6. The molecule has 2 aromatic rings. The van der Waals surface area contributed by atoms with E-state index in [1.165, 1.54) is 34.3 Å². The SMILES string of the molecule is N#Cc1nccc(OC2CN(C(=O)N3N=CCC3c3cc(F)cc(F)c3)C2)n1. The van der Waals surface area contributed by atoms with Gasteiger partial charge in [0.25, 0.3) is 0 Å². The maximum Gasteiger partial charge on any atom is 0.341 e. The van der Waals surface area contributed by atoms with Crippen molar-refractivity contribution in [3.8, 4) is 11.9 Å². The molecule has 8 nitrogen and oxygen atoms in total. The van der Waals surface area contributed by atoms with Crippen molar-refractivity contribution in [3.05, 3.63) is 53.5 Å². The molecule has 0 N–H and O–H groups in total. The first-order valence-electron chi connectivity index (χ1n) is 8.50. The molecule has 1 unspecified atom stereocenters. The first kappa shape index (κ1) is 17.8. The van der Waals surface area contributed by atoms with Crippen LogP contribution < -0.4 is 4.74 Å². The number of ether oxygens (including phenoxy) is 1. The summed E-state index contributed by atoms with van der Waals surface area (Å²) in [5, 5.41) is 14.1. The fraction of sp³-hybridized carbons (Fsp3) is 0.278. The maximum absolute atomic E-state index is 13.5. The van der Waals surface area contributed by atoms with Gasteiger partial charge in [0.15, 0.2) is 0 Å². The van der Waals surface area contributed by atoms with Gasteiger partial charge in [-0.2, -0.15) is 15.3 Å². The molecular formula is C18H14F2N6O2. The topological polar surface area (TPSA) is 94.7 Å². The number of nitrogens with zero attached hydrogens (tertiary/aromatic N) is 6. The van der Waals surface area contributed by atoms with E-state index >= 15 is 0 Å². The summed E-state index contributed by atoms with van der Waals surface area (Å²) in [4.78, 5) is 21.9. The summed E-state index contributed by atoms with van der Waals surface area (Å²) in [6.45, 7) is 0.613. The van der Waals surface area contributed by atoms with Crippen LogP contribution in [0, 0.1) is 23.0 Å². The van der Waals surface area contributed by atoms with E-state index < -0.39 is 17.7 Å². The van der Waals surface area contributed by atoms with Crippen molar-refractivity contribution in [3.63, 3.8) is 0 Å². The number of urea groups is 1.